The third kappa shape index (κ3) is 7.69. The van der Waals surface area contributed by atoms with Crippen molar-refractivity contribution in [3.8, 4) is 0 Å². The normalized spacial score (nSPS) is 10.6. The van der Waals surface area contributed by atoms with Crippen LogP contribution in [0.5, 0.6) is 0 Å². The number of hydrogen-bond donors (Lipinski definition) is 0. The van der Waals surface area contributed by atoms with Gasteiger partial charge in [0.1, 0.15) is 13.1 Å². The zero-order valence-electron chi connectivity index (χ0n) is 18.1. The summed E-state index contributed by atoms with van der Waals surface area (Å²) in [7, 11) is 0. The number of unbranched alkanes of at least 4 members (excludes halogenated alkanes) is 6. The van der Waals surface area contributed by atoms with Crippen LogP contribution in [0.3, 0.4) is 0 Å². The summed E-state index contributed by atoms with van der Waals surface area (Å²) >= 11 is 0. The maximum Gasteiger partial charge on any atom is 0.176 e. The molecule has 164 valence electrons. The van der Waals surface area contributed by atoms with Crippen LogP contribution in [-0.4, -0.2) is 0 Å². The molecule has 0 aliphatic rings. The van der Waals surface area contributed by atoms with Crippen LogP contribution in [0.15, 0.2) is 85.5 Å². The highest BCUT2D eigenvalue weighted by atomic mass is 79.9. The van der Waals surface area contributed by atoms with Crippen LogP contribution in [0.4, 0.5) is 0 Å². The first-order valence-electron chi connectivity index (χ1n) is 11.1. The molecule has 4 rings (SSSR count). The second kappa shape index (κ2) is 13.6. The number of nitrogens with zero attached hydrogens (tertiary/aromatic N) is 2. The minimum atomic E-state index is 0. The van der Waals surface area contributed by atoms with Crippen molar-refractivity contribution in [3.05, 3.63) is 85.5 Å². The average Bonchev–Trinajstić information content (AvgIpc) is 2.77. The molecule has 0 aliphatic heterocycles. The van der Waals surface area contributed by atoms with Gasteiger partial charge in [0, 0.05) is 35.7 Å². The summed E-state index contributed by atoms with van der Waals surface area (Å²) in [4.78, 5) is 0. The molecule has 2 heterocycles. The number of hydrogen-bond acceptors (Lipinski definition) is 0. The predicted molar refractivity (Wildman–Crippen MR) is 121 cm³/mol. The monoisotopic (exact) mass is 542 g/mol. The van der Waals surface area contributed by atoms with Crippen molar-refractivity contribution in [1.29, 1.82) is 0 Å². The summed E-state index contributed by atoms with van der Waals surface area (Å²) in [5, 5.41) is 5.31. The maximum absolute atomic E-state index is 2.34. The van der Waals surface area contributed by atoms with Crippen molar-refractivity contribution in [2.24, 2.45) is 0 Å². The molecule has 0 radical (unpaired) electrons. The molecule has 2 aromatic carbocycles. The molecule has 0 N–H and O–H groups in total. The zero-order valence-corrected chi connectivity index (χ0v) is 21.3. The highest BCUT2D eigenvalue weighted by Crippen LogP contribution is 2.12. The van der Waals surface area contributed by atoms with Crippen molar-refractivity contribution in [2.45, 2.75) is 58.0 Å². The van der Waals surface area contributed by atoms with Crippen LogP contribution in [0, 0.1) is 0 Å². The number of rotatable bonds is 10. The number of aromatic nitrogens is 2. The topological polar surface area (TPSA) is 7.76 Å². The molecule has 0 aliphatic carbocycles. The van der Waals surface area contributed by atoms with Gasteiger partial charge >= 0.3 is 0 Å². The van der Waals surface area contributed by atoms with Crippen molar-refractivity contribution in [3.63, 3.8) is 0 Å². The summed E-state index contributed by atoms with van der Waals surface area (Å²) in [6.07, 6.45) is 18.3. The zero-order chi connectivity index (χ0) is 19.7. The Bertz CT molecular complexity index is 980. The average molecular weight is 544 g/mol. The van der Waals surface area contributed by atoms with E-state index in [9.17, 15) is 0 Å². The van der Waals surface area contributed by atoms with E-state index >= 15 is 0 Å². The summed E-state index contributed by atoms with van der Waals surface area (Å²) in [6, 6.07) is 21.6. The lowest BCUT2D eigenvalue weighted by atomic mass is 10.1. The summed E-state index contributed by atoms with van der Waals surface area (Å²) in [6.45, 7) is 2.26. The van der Waals surface area contributed by atoms with Crippen LogP contribution in [-0.2, 0) is 13.1 Å². The molecule has 0 amide bonds. The van der Waals surface area contributed by atoms with Gasteiger partial charge in [0.25, 0.3) is 0 Å². The van der Waals surface area contributed by atoms with Crippen LogP contribution in [0.2, 0.25) is 0 Å². The Hall–Kier alpha value is -1.78. The molecule has 0 saturated heterocycles. The molecule has 2 nitrogen and oxygen atoms in total. The van der Waals surface area contributed by atoms with Gasteiger partial charge in [-0.05, 0) is 35.7 Å². The summed E-state index contributed by atoms with van der Waals surface area (Å²) in [5.41, 5.74) is 0. The lowest BCUT2D eigenvalue weighted by Gasteiger charge is -2.02. The van der Waals surface area contributed by atoms with Gasteiger partial charge in [0.2, 0.25) is 0 Å². The van der Waals surface area contributed by atoms with E-state index < -0.39 is 0 Å². The second-order valence-corrected chi connectivity index (χ2v) is 8.10. The van der Waals surface area contributed by atoms with Gasteiger partial charge in [-0.15, -0.1) is 0 Å². The third-order valence-corrected chi connectivity index (χ3v) is 5.83. The highest BCUT2D eigenvalue weighted by molar-refractivity contribution is 5.80. The lowest BCUT2D eigenvalue weighted by molar-refractivity contribution is -0.696. The van der Waals surface area contributed by atoms with E-state index in [2.05, 4.69) is 94.6 Å². The lowest BCUT2D eigenvalue weighted by Crippen LogP contribution is -3.00. The van der Waals surface area contributed by atoms with Gasteiger partial charge in [-0.25, -0.2) is 9.13 Å². The first-order chi connectivity index (χ1) is 14.4. The van der Waals surface area contributed by atoms with Gasteiger partial charge in [-0.1, -0.05) is 55.7 Å². The number of fused-ring (bicyclic) bond motifs is 2. The molecule has 4 aromatic rings. The van der Waals surface area contributed by atoms with E-state index in [0.29, 0.717) is 0 Å². The molecule has 31 heavy (non-hydrogen) atoms. The van der Waals surface area contributed by atoms with Crippen molar-refractivity contribution in [2.75, 3.05) is 0 Å². The smallest absolute Gasteiger partial charge is 0.176 e. The molecular formula is C27H32Br2N2. The fourth-order valence-electron chi connectivity index (χ4n) is 4.11. The highest BCUT2D eigenvalue weighted by Gasteiger charge is 2.04. The van der Waals surface area contributed by atoms with Gasteiger partial charge in [-0.2, -0.15) is 0 Å². The van der Waals surface area contributed by atoms with Crippen molar-refractivity contribution >= 4 is 21.5 Å². The molecule has 0 saturated carbocycles. The standard InChI is InChI=1S/C27H32N2.2BrH/c1(2-4-10-18-28-20-16-24-12-6-8-14-26(24)22-28)3-5-11-19-29-21-17-25-13-7-9-15-27(25)23-29;;/h6-9,12-17,20-23H,1-5,10-11,18-19H2;2*1H/q+2;;/p-2. The molecule has 0 spiro atoms. The molecule has 0 atom stereocenters. The van der Waals surface area contributed by atoms with E-state index in [0.717, 1.165) is 13.1 Å². The molecule has 0 bridgehead atoms. The molecule has 0 unspecified atom stereocenters. The van der Waals surface area contributed by atoms with Crippen LogP contribution >= 0.6 is 0 Å². The Labute approximate surface area is 207 Å². The number of benzene rings is 2. The Morgan fingerprint density at radius 3 is 1.19 bits per heavy atom. The largest absolute Gasteiger partial charge is 1.00 e. The summed E-state index contributed by atoms with van der Waals surface area (Å²) in [5.74, 6) is 0. The maximum atomic E-state index is 2.34. The second-order valence-electron chi connectivity index (χ2n) is 8.10. The Balaban J connectivity index is 0.00000171. The van der Waals surface area contributed by atoms with E-state index in [-0.39, 0.29) is 34.0 Å². The third-order valence-electron chi connectivity index (χ3n) is 5.83. The SMILES string of the molecule is [Br-].[Br-].c1ccc2c[n+](CCCCCCCCC[n+]3ccc4ccccc4c3)ccc2c1. The van der Waals surface area contributed by atoms with Crippen LogP contribution < -0.4 is 43.1 Å². The van der Waals surface area contributed by atoms with Gasteiger partial charge in [0.15, 0.2) is 24.8 Å². The fourth-order valence-corrected chi connectivity index (χ4v) is 4.11. The van der Waals surface area contributed by atoms with Gasteiger partial charge < -0.3 is 34.0 Å². The first kappa shape index (κ1) is 25.5. The predicted octanol–water partition coefficient (Wildman–Crippen LogP) is 0.00690. The first-order valence-corrected chi connectivity index (χ1v) is 11.1. The fraction of sp³-hybridized carbons (Fsp3) is 0.333. The van der Waals surface area contributed by atoms with Crippen LogP contribution in [0.25, 0.3) is 21.5 Å². The van der Waals surface area contributed by atoms with E-state index in [1.54, 1.807) is 0 Å². The molecule has 4 heteroatoms. The number of aryl methyl sites for hydroxylation is 2. The molecule has 0 fully saturated rings. The number of pyridine rings is 2. The van der Waals surface area contributed by atoms with E-state index in [1.165, 1.54) is 66.5 Å². The minimum Gasteiger partial charge on any atom is -1.00 e. The summed E-state index contributed by atoms with van der Waals surface area (Å²) < 4.78 is 4.67. The Morgan fingerprint density at radius 1 is 0.419 bits per heavy atom. The minimum absolute atomic E-state index is 0. The Kier molecular flexibility index (Phi) is 11.2. The molecular weight excluding hydrogens is 512 g/mol. The van der Waals surface area contributed by atoms with Gasteiger partial charge in [0.05, 0.1) is 0 Å². The van der Waals surface area contributed by atoms with Crippen molar-refractivity contribution in [1.82, 2.24) is 0 Å². The Morgan fingerprint density at radius 2 is 0.774 bits per heavy atom. The van der Waals surface area contributed by atoms with E-state index in [1.807, 2.05) is 0 Å². The van der Waals surface area contributed by atoms with E-state index in [4.69, 9.17) is 0 Å². The van der Waals surface area contributed by atoms with Crippen LogP contribution in [0.1, 0.15) is 44.9 Å². The van der Waals surface area contributed by atoms with Crippen molar-refractivity contribution < 1.29 is 43.1 Å². The quantitative estimate of drug-likeness (QED) is 0.197. The van der Waals surface area contributed by atoms with Gasteiger partial charge in [-0.3, -0.25) is 0 Å². The number of halogens is 2. The molecule has 2 aromatic heterocycles.